The Morgan fingerprint density at radius 3 is 2.56 bits per heavy atom. The molecule has 1 amide bonds. The first-order chi connectivity index (χ1) is 12.3. The minimum atomic E-state index is -0.257. The highest BCUT2D eigenvalue weighted by atomic mass is 16.5. The van der Waals surface area contributed by atoms with Crippen LogP contribution in [0.1, 0.15) is 12.8 Å². The van der Waals surface area contributed by atoms with E-state index in [0.717, 1.165) is 76.7 Å². The molecular weight excluding hydrogens is 318 g/mol. The van der Waals surface area contributed by atoms with E-state index in [1.54, 1.807) is 0 Å². The average Bonchev–Trinajstić information content (AvgIpc) is 3.21. The Morgan fingerprint density at radius 2 is 1.80 bits per heavy atom. The first-order valence-electron chi connectivity index (χ1n) is 9.40. The van der Waals surface area contributed by atoms with Crippen LogP contribution in [-0.2, 0) is 14.3 Å². The molecule has 0 aromatic heterocycles. The van der Waals surface area contributed by atoms with Gasteiger partial charge in [0.2, 0.25) is 0 Å². The number of nitrogens with zero attached hydrogens (tertiary/aromatic N) is 3. The number of carbonyl (C=O) groups is 1. The van der Waals surface area contributed by atoms with Crippen molar-refractivity contribution < 1.29 is 14.3 Å². The smallest absolute Gasteiger partial charge is 0.256 e. The Hall–Kier alpha value is -1.63. The van der Waals surface area contributed by atoms with E-state index in [1.165, 1.54) is 0 Å². The summed E-state index contributed by atoms with van der Waals surface area (Å²) in [5.41, 5.74) is 2.18. The topological polar surface area (TPSA) is 45.2 Å². The number of amides is 1. The van der Waals surface area contributed by atoms with Crippen LogP contribution in [-0.4, -0.2) is 76.0 Å². The number of hydrogen-bond donors (Lipinski definition) is 0. The SMILES string of the molecule is O=C(C1CCCO1)N1CCN(CCN2CCOCC2)c2ccccc21. The van der Waals surface area contributed by atoms with Gasteiger partial charge < -0.3 is 19.3 Å². The summed E-state index contributed by atoms with van der Waals surface area (Å²) in [5.74, 6) is 0.123. The highest BCUT2D eigenvalue weighted by Gasteiger charge is 2.33. The monoisotopic (exact) mass is 345 g/mol. The van der Waals surface area contributed by atoms with Crippen LogP contribution >= 0.6 is 0 Å². The maximum absolute atomic E-state index is 12.8. The molecule has 3 heterocycles. The van der Waals surface area contributed by atoms with Gasteiger partial charge in [0, 0.05) is 45.9 Å². The normalized spacial score (nSPS) is 24.4. The quantitative estimate of drug-likeness (QED) is 0.824. The van der Waals surface area contributed by atoms with Crippen molar-refractivity contribution >= 4 is 17.3 Å². The summed E-state index contributed by atoms with van der Waals surface area (Å²) < 4.78 is 11.0. The van der Waals surface area contributed by atoms with Crippen LogP contribution in [0.5, 0.6) is 0 Å². The molecule has 4 rings (SSSR count). The molecule has 0 saturated carbocycles. The minimum absolute atomic E-state index is 0.123. The lowest BCUT2D eigenvalue weighted by Crippen LogP contribution is -2.49. The molecule has 1 aromatic rings. The summed E-state index contributed by atoms with van der Waals surface area (Å²) in [6, 6.07) is 8.26. The van der Waals surface area contributed by atoms with Gasteiger partial charge in [-0.25, -0.2) is 0 Å². The fraction of sp³-hybridized carbons (Fsp3) is 0.632. The summed E-state index contributed by atoms with van der Waals surface area (Å²) in [7, 11) is 0. The molecule has 6 heteroatoms. The Balaban J connectivity index is 1.45. The maximum Gasteiger partial charge on any atom is 0.256 e. The highest BCUT2D eigenvalue weighted by molar-refractivity contribution is 6.00. The molecule has 0 aliphatic carbocycles. The van der Waals surface area contributed by atoms with Gasteiger partial charge in [0.25, 0.3) is 5.91 Å². The van der Waals surface area contributed by atoms with Crippen LogP contribution < -0.4 is 9.80 Å². The van der Waals surface area contributed by atoms with E-state index >= 15 is 0 Å². The average molecular weight is 345 g/mol. The van der Waals surface area contributed by atoms with Gasteiger partial charge in [-0.2, -0.15) is 0 Å². The van der Waals surface area contributed by atoms with E-state index in [9.17, 15) is 4.79 Å². The van der Waals surface area contributed by atoms with Gasteiger partial charge in [0.05, 0.1) is 24.6 Å². The van der Waals surface area contributed by atoms with Crippen LogP contribution in [0.3, 0.4) is 0 Å². The van der Waals surface area contributed by atoms with E-state index < -0.39 is 0 Å². The molecule has 3 aliphatic rings. The lowest BCUT2D eigenvalue weighted by molar-refractivity contribution is -0.127. The Labute approximate surface area is 149 Å². The van der Waals surface area contributed by atoms with E-state index in [-0.39, 0.29) is 12.0 Å². The predicted molar refractivity (Wildman–Crippen MR) is 97.2 cm³/mol. The lowest BCUT2D eigenvalue weighted by atomic mass is 10.1. The van der Waals surface area contributed by atoms with Gasteiger partial charge in [-0.15, -0.1) is 0 Å². The van der Waals surface area contributed by atoms with Crippen molar-refractivity contribution in [3.63, 3.8) is 0 Å². The van der Waals surface area contributed by atoms with Crippen molar-refractivity contribution in [2.75, 3.05) is 68.9 Å². The Kier molecular flexibility index (Phi) is 5.20. The molecule has 3 aliphatic heterocycles. The van der Waals surface area contributed by atoms with E-state index in [4.69, 9.17) is 9.47 Å². The molecule has 1 atom stereocenters. The number of para-hydroxylation sites is 2. The number of anilines is 2. The van der Waals surface area contributed by atoms with Crippen LogP contribution in [0.4, 0.5) is 11.4 Å². The van der Waals surface area contributed by atoms with Crippen molar-refractivity contribution in [3.05, 3.63) is 24.3 Å². The zero-order valence-electron chi connectivity index (χ0n) is 14.7. The van der Waals surface area contributed by atoms with Crippen molar-refractivity contribution in [2.45, 2.75) is 18.9 Å². The van der Waals surface area contributed by atoms with Crippen LogP contribution in [0, 0.1) is 0 Å². The first-order valence-corrected chi connectivity index (χ1v) is 9.40. The molecule has 2 saturated heterocycles. The lowest BCUT2D eigenvalue weighted by Gasteiger charge is -2.39. The van der Waals surface area contributed by atoms with Gasteiger partial charge in [-0.3, -0.25) is 9.69 Å². The van der Waals surface area contributed by atoms with Gasteiger partial charge >= 0.3 is 0 Å². The third kappa shape index (κ3) is 3.66. The van der Waals surface area contributed by atoms with Crippen LogP contribution in [0.15, 0.2) is 24.3 Å². The van der Waals surface area contributed by atoms with Crippen molar-refractivity contribution in [2.24, 2.45) is 0 Å². The standard InChI is InChI=1S/C19H27N3O3/c23-19(18-6-3-13-25-18)22-10-9-21(16-4-1-2-5-17(16)22)8-7-20-11-14-24-15-12-20/h1-2,4-5,18H,3,6-15H2. The summed E-state index contributed by atoms with van der Waals surface area (Å²) in [6.45, 7) is 8.03. The second-order valence-electron chi connectivity index (χ2n) is 6.92. The third-order valence-corrected chi connectivity index (χ3v) is 5.37. The molecule has 1 unspecified atom stereocenters. The molecule has 0 spiro atoms. The van der Waals surface area contributed by atoms with Crippen LogP contribution in [0.2, 0.25) is 0 Å². The number of morpholine rings is 1. The summed E-state index contributed by atoms with van der Waals surface area (Å²) in [5, 5.41) is 0. The summed E-state index contributed by atoms with van der Waals surface area (Å²) >= 11 is 0. The molecule has 0 N–H and O–H groups in total. The maximum atomic E-state index is 12.8. The third-order valence-electron chi connectivity index (χ3n) is 5.37. The zero-order chi connectivity index (χ0) is 17.1. The van der Waals surface area contributed by atoms with Crippen LogP contribution in [0.25, 0.3) is 0 Å². The molecule has 0 bridgehead atoms. The molecule has 136 valence electrons. The van der Waals surface area contributed by atoms with Crippen molar-refractivity contribution in [1.82, 2.24) is 4.90 Å². The first kappa shape index (κ1) is 16.8. The van der Waals surface area contributed by atoms with E-state index in [1.807, 2.05) is 11.0 Å². The number of ether oxygens (including phenoxy) is 2. The Morgan fingerprint density at radius 1 is 1.00 bits per heavy atom. The predicted octanol–water partition coefficient (Wildman–Crippen LogP) is 1.35. The van der Waals surface area contributed by atoms with Crippen molar-refractivity contribution in [3.8, 4) is 0 Å². The number of rotatable bonds is 4. The second kappa shape index (κ2) is 7.72. The number of hydrogen-bond acceptors (Lipinski definition) is 5. The largest absolute Gasteiger partial charge is 0.379 e. The fourth-order valence-corrected chi connectivity index (χ4v) is 3.92. The van der Waals surface area contributed by atoms with E-state index in [0.29, 0.717) is 6.61 Å². The van der Waals surface area contributed by atoms with Gasteiger partial charge in [-0.1, -0.05) is 12.1 Å². The molecule has 25 heavy (non-hydrogen) atoms. The van der Waals surface area contributed by atoms with Crippen molar-refractivity contribution in [1.29, 1.82) is 0 Å². The van der Waals surface area contributed by atoms with Gasteiger partial charge in [0.15, 0.2) is 0 Å². The number of benzene rings is 1. The van der Waals surface area contributed by atoms with Gasteiger partial charge in [-0.05, 0) is 25.0 Å². The van der Waals surface area contributed by atoms with Gasteiger partial charge in [0.1, 0.15) is 6.10 Å². The number of carbonyl (C=O) groups excluding carboxylic acids is 1. The Bertz CT molecular complexity index is 597. The molecule has 6 nitrogen and oxygen atoms in total. The second-order valence-corrected chi connectivity index (χ2v) is 6.92. The minimum Gasteiger partial charge on any atom is -0.379 e. The zero-order valence-corrected chi connectivity index (χ0v) is 14.7. The molecule has 0 radical (unpaired) electrons. The molecular formula is C19H27N3O3. The highest BCUT2D eigenvalue weighted by Crippen LogP contribution is 2.34. The van der Waals surface area contributed by atoms with E-state index in [2.05, 4.69) is 28.0 Å². The summed E-state index contributed by atoms with van der Waals surface area (Å²) in [4.78, 5) is 19.6. The molecule has 1 aromatic carbocycles. The fourth-order valence-electron chi connectivity index (χ4n) is 3.92. The number of fused-ring (bicyclic) bond motifs is 1. The summed E-state index contributed by atoms with van der Waals surface area (Å²) in [6.07, 6.45) is 1.57. The molecule has 2 fully saturated rings.